The Kier molecular flexibility index (Phi) is 5.90. The number of anilines is 1. The second kappa shape index (κ2) is 8.53. The Bertz CT molecular complexity index is 689. The standard InChI is InChI=1S/C18H23N5O2/c1-23(11-7-14-4-8-19-9-5-14)18-20-10-6-16(22-18)17(24)21-13-15-3-2-12-25-15/h4-6,8-10,15H,2-3,7,11-13H2,1H3,(H,21,24). The number of hydrogen-bond acceptors (Lipinski definition) is 6. The van der Waals surface area contributed by atoms with Crippen LogP contribution in [0.1, 0.15) is 28.9 Å². The van der Waals surface area contributed by atoms with E-state index < -0.39 is 0 Å². The summed E-state index contributed by atoms with van der Waals surface area (Å²) in [5, 5.41) is 2.89. The van der Waals surface area contributed by atoms with E-state index in [1.807, 2.05) is 24.1 Å². The molecule has 3 rings (SSSR count). The van der Waals surface area contributed by atoms with Crippen molar-refractivity contribution in [1.29, 1.82) is 0 Å². The van der Waals surface area contributed by atoms with Gasteiger partial charge in [0.25, 0.3) is 5.91 Å². The van der Waals surface area contributed by atoms with Crippen molar-refractivity contribution in [3.63, 3.8) is 0 Å². The van der Waals surface area contributed by atoms with E-state index in [-0.39, 0.29) is 12.0 Å². The lowest BCUT2D eigenvalue weighted by atomic mass is 10.2. The van der Waals surface area contributed by atoms with Crippen molar-refractivity contribution in [3.05, 3.63) is 48.0 Å². The maximum Gasteiger partial charge on any atom is 0.270 e. The first-order valence-electron chi connectivity index (χ1n) is 8.55. The molecule has 0 saturated carbocycles. The minimum Gasteiger partial charge on any atom is -0.376 e. The number of likely N-dealkylation sites (N-methyl/N-ethyl adjacent to an activating group) is 1. The molecular weight excluding hydrogens is 318 g/mol. The Hall–Kier alpha value is -2.54. The van der Waals surface area contributed by atoms with Gasteiger partial charge in [0.2, 0.25) is 5.95 Å². The van der Waals surface area contributed by atoms with Crippen LogP contribution in [0.25, 0.3) is 0 Å². The van der Waals surface area contributed by atoms with Crippen LogP contribution in [0.15, 0.2) is 36.8 Å². The molecule has 2 aromatic heterocycles. The number of carbonyl (C=O) groups excluding carboxylic acids is 1. The van der Waals surface area contributed by atoms with Gasteiger partial charge >= 0.3 is 0 Å². The molecular formula is C18H23N5O2. The largest absolute Gasteiger partial charge is 0.376 e. The molecule has 0 aliphatic carbocycles. The van der Waals surface area contributed by atoms with Gasteiger partial charge in [-0.15, -0.1) is 0 Å². The topological polar surface area (TPSA) is 80.2 Å². The molecule has 0 radical (unpaired) electrons. The zero-order valence-corrected chi connectivity index (χ0v) is 14.4. The molecule has 1 unspecified atom stereocenters. The van der Waals surface area contributed by atoms with Crippen LogP contribution in [-0.4, -0.2) is 53.7 Å². The van der Waals surface area contributed by atoms with Crippen LogP contribution in [-0.2, 0) is 11.2 Å². The summed E-state index contributed by atoms with van der Waals surface area (Å²) in [4.78, 5) is 26.9. The molecule has 0 aromatic carbocycles. The number of rotatable bonds is 7. The third-order valence-corrected chi connectivity index (χ3v) is 4.22. The normalized spacial score (nSPS) is 16.6. The van der Waals surface area contributed by atoms with Crippen molar-refractivity contribution in [1.82, 2.24) is 20.3 Å². The molecule has 1 atom stereocenters. The minimum absolute atomic E-state index is 0.119. The second-order valence-corrected chi connectivity index (χ2v) is 6.11. The van der Waals surface area contributed by atoms with Gasteiger partial charge in [0.1, 0.15) is 5.69 Å². The summed E-state index contributed by atoms with van der Waals surface area (Å²) < 4.78 is 5.52. The molecule has 1 fully saturated rings. The van der Waals surface area contributed by atoms with E-state index in [1.165, 1.54) is 5.56 Å². The first-order valence-corrected chi connectivity index (χ1v) is 8.55. The van der Waals surface area contributed by atoms with Crippen LogP contribution < -0.4 is 10.2 Å². The van der Waals surface area contributed by atoms with Gasteiger partial charge < -0.3 is 15.0 Å². The number of hydrogen-bond donors (Lipinski definition) is 1. The Morgan fingerprint density at radius 2 is 2.16 bits per heavy atom. The van der Waals surface area contributed by atoms with Gasteiger partial charge in [-0.3, -0.25) is 9.78 Å². The lowest BCUT2D eigenvalue weighted by Gasteiger charge is -2.17. The zero-order chi connectivity index (χ0) is 17.5. The fourth-order valence-electron chi connectivity index (χ4n) is 2.71. The summed E-state index contributed by atoms with van der Waals surface area (Å²) in [6.45, 7) is 2.06. The monoisotopic (exact) mass is 341 g/mol. The Morgan fingerprint density at radius 3 is 2.92 bits per heavy atom. The fourth-order valence-corrected chi connectivity index (χ4v) is 2.71. The maximum absolute atomic E-state index is 12.3. The predicted molar refractivity (Wildman–Crippen MR) is 94.6 cm³/mol. The highest BCUT2D eigenvalue weighted by Crippen LogP contribution is 2.11. The number of ether oxygens (including phenoxy) is 1. The molecule has 1 N–H and O–H groups in total. The van der Waals surface area contributed by atoms with Crippen LogP contribution in [0.3, 0.4) is 0 Å². The van der Waals surface area contributed by atoms with Crippen molar-refractivity contribution in [2.75, 3.05) is 31.6 Å². The van der Waals surface area contributed by atoms with E-state index in [4.69, 9.17) is 4.74 Å². The van der Waals surface area contributed by atoms with Crippen LogP contribution in [0.2, 0.25) is 0 Å². The molecule has 1 amide bonds. The number of aromatic nitrogens is 3. The van der Waals surface area contributed by atoms with E-state index in [9.17, 15) is 4.79 Å². The minimum atomic E-state index is -0.193. The lowest BCUT2D eigenvalue weighted by molar-refractivity contribution is 0.0853. The molecule has 3 heterocycles. The number of nitrogens with one attached hydrogen (secondary N) is 1. The molecule has 132 valence electrons. The first-order chi connectivity index (χ1) is 12.2. The highest BCUT2D eigenvalue weighted by molar-refractivity contribution is 5.92. The maximum atomic E-state index is 12.3. The molecule has 7 heteroatoms. The second-order valence-electron chi connectivity index (χ2n) is 6.11. The highest BCUT2D eigenvalue weighted by atomic mass is 16.5. The average molecular weight is 341 g/mol. The van der Waals surface area contributed by atoms with Crippen molar-refractivity contribution in [2.24, 2.45) is 0 Å². The van der Waals surface area contributed by atoms with Crippen LogP contribution in [0.4, 0.5) is 5.95 Å². The smallest absolute Gasteiger partial charge is 0.270 e. The SMILES string of the molecule is CN(CCc1ccncc1)c1nccc(C(=O)NCC2CCCO2)n1. The molecule has 25 heavy (non-hydrogen) atoms. The molecule has 0 spiro atoms. The molecule has 1 saturated heterocycles. The van der Waals surface area contributed by atoms with E-state index in [1.54, 1.807) is 24.7 Å². The van der Waals surface area contributed by atoms with Gasteiger partial charge in [0.05, 0.1) is 6.10 Å². The molecule has 2 aromatic rings. The quantitative estimate of drug-likeness (QED) is 0.821. The van der Waals surface area contributed by atoms with Gasteiger partial charge in [-0.2, -0.15) is 0 Å². The van der Waals surface area contributed by atoms with E-state index in [0.29, 0.717) is 18.2 Å². The van der Waals surface area contributed by atoms with Crippen molar-refractivity contribution < 1.29 is 9.53 Å². The van der Waals surface area contributed by atoms with Crippen LogP contribution in [0.5, 0.6) is 0 Å². The van der Waals surface area contributed by atoms with E-state index >= 15 is 0 Å². The Labute approximate surface area is 147 Å². The molecule has 1 aliphatic heterocycles. The van der Waals surface area contributed by atoms with E-state index in [2.05, 4.69) is 20.3 Å². The summed E-state index contributed by atoms with van der Waals surface area (Å²) in [5.41, 5.74) is 1.58. The Morgan fingerprint density at radius 1 is 1.32 bits per heavy atom. The lowest BCUT2D eigenvalue weighted by Crippen LogP contribution is -2.32. The number of carbonyl (C=O) groups is 1. The van der Waals surface area contributed by atoms with Gasteiger partial charge in [0, 0.05) is 45.3 Å². The third kappa shape index (κ3) is 4.96. The number of nitrogens with zero attached hydrogens (tertiary/aromatic N) is 4. The average Bonchev–Trinajstić information content (AvgIpc) is 3.18. The highest BCUT2D eigenvalue weighted by Gasteiger charge is 2.17. The summed E-state index contributed by atoms with van der Waals surface area (Å²) in [5.74, 6) is 0.348. The van der Waals surface area contributed by atoms with Gasteiger partial charge in [-0.05, 0) is 43.0 Å². The molecule has 1 aliphatic rings. The third-order valence-electron chi connectivity index (χ3n) is 4.22. The summed E-state index contributed by atoms with van der Waals surface area (Å²) >= 11 is 0. The van der Waals surface area contributed by atoms with Crippen LogP contribution in [0, 0.1) is 0 Å². The van der Waals surface area contributed by atoms with E-state index in [0.717, 1.165) is 32.4 Å². The summed E-state index contributed by atoms with van der Waals surface area (Å²) in [6, 6.07) is 5.61. The summed E-state index contributed by atoms with van der Waals surface area (Å²) in [6.07, 6.45) is 8.21. The zero-order valence-electron chi connectivity index (χ0n) is 14.4. The number of pyridine rings is 1. The van der Waals surface area contributed by atoms with Crippen molar-refractivity contribution >= 4 is 11.9 Å². The van der Waals surface area contributed by atoms with Crippen LogP contribution >= 0.6 is 0 Å². The first kappa shape index (κ1) is 17.3. The van der Waals surface area contributed by atoms with Gasteiger partial charge in [-0.25, -0.2) is 9.97 Å². The van der Waals surface area contributed by atoms with Crippen molar-refractivity contribution in [2.45, 2.75) is 25.4 Å². The van der Waals surface area contributed by atoms with Gasteiger partial charge in [0.15, 0.2) is 0 Å². The Balaban J connectivity index is 1.55. The predicted octanol–water partition coefficient (Wildman–Crippen LogP) is 1.46. The number of amides is 1. The molecule has 7 nitrogen and oxygen atoms in total. The van der Waals surface area contributed by atoms with Gasteiger partial charge in [-0.1, -0.05) is 0 Å². The fraction of sp³-hybridized carbons (Fsp3) is 0.444. The van der Waals surface area contributed by atoms with Crippen molar-refractivity contribution in [3.8, 4) is 0 Å². The molecule has 0 bridgehead atoms. The summed E-state index contributed by atoms with van der Waals surface area (Å²) in [7, 11) is 1.92.